The molecular weight excluding hydrogens is 270 g/mol. The highest BCUT2D eigenvalue weighted by molar-refractivity contribution is 5.79. The zero-order valence-corrected chi connectivity index (χ0v) is 13.9. The highest BCUT2D eigenvalue weighted by Crippen LogP contribution is 2.22. The zero-order chi connectivity index (χ0) is 16.2. The van der Waals surface area contributed by atoms with Crippen LogP contribution in [0.15, 0.2) is 54.6 Å². The van der Waals surface area contributed by atoms with E-state index in [1.807, 2.05) is 49.4 Å². The van der Waals surface area contributed by atoms with Gasteiger partial charge in [-0.05, 0) is 29.0 Å². The summed E-state index contributed by atoms with van der Waals surface area (Å²) in [5.74, 6) is 0.0554. The van der Waals surface area contributed by atoms with Gasteiger partial charge in [-0.3, -0.25) is 4.79 Å². The largest absolute Gasteiger partial charge is 0.349 e. The number of nitrogens with one attached hydrogen (secondary N) is 1. The second-order valence-corrected chi connectivity index (χ2v) is 6.82. The van der Waals surface area contributed by atoms with E-state index in [9.17, 15) is 4.79 Å². The fraction of sp³-hybridized carbons (Fsp3) is 0.350. The summed E-state index contributed by atoms with van der Waals surface area (Å²) in [5, 5.41) is 3.05. The molecule has 2 rings (SSSR count). The van der Waals surface area contributed by atoms with Crippen LogP contribution in [0.2, 0.25) is 0 Å². The van der Waals surface area contributed by atoms with E-state index in [0.717, 1.165) is 11.1 Å². The van der Waals surface area contributed by atoms with Gasteiger partial charge >= 0.3 is 0 Å². The SMILES string of the molecule is C[C@@H](NC(=O)Cc1ccc(C(C)(C)C)cc1)c1ccccc1. The minimum Gasteiger partial charge on any atom is -0.349 e. The Balaban J connectivity index is 1.95. The first-order valence-electron chi connectivity index (χ1n) is 7.80. The van der Waals surface area contributed by atoms with Crippen molar-refractivity contribution in [3.63, 3.8) is 0 Å². The molecule has 0 aliphatic rings. The van der Waals surface area contributed by atoms with E-state index in [2.05, 4.69) is 38.2 Å². The average molecular weight is 295 g/mol. The van der Waals surface area contributed by atoms with Gasteiger partial charge in [0.05, 0.1) is 12.5 Å². The van der Waals surface area contributed by atoms with E-state index in [1.165, 1.54) is 5.56 Å². The summed E-state index contributed by atoms with van der Waals surface area (Å²) in [4.78, 5) is 12.2. The van der Waals surface area contributed by atoms with Gasteiger partial charge in [-0.15, -0.1) is 0 Å². The van der Waals surface area contributed by atoms with Crippen molar-refractivity contribution in [1.29, 1.82) is 0 Å². The monoisotopic (exact) mass is 295 g/mol. The standard InChI is InChI=1S/C20H25NO/c1-15(17-8-6-5-7-9-17)21-19(22)14-16-10-12-18(13-11-16)20(2,3)4/h5-13,15H,14H2,1-4H3,(H,21,22)/t15-/m1/s1. The molecule has 2 heteroatoms. The molecule has 0 saturated carbocycles. The molecule has 2 aromatic rings. The van der Waals surface area contributed by atoms with Gasteiger partial charge < -0.3 is 5.32 Å². The minimum atomic E-state index is 0.0301. The van der Waals surface area contributed by atoms with Crippen molar-refractivity contribution < 1.29 is 4.79 Å². The van der Waals surface area contributed by atoms with Crippen molar-refractivity contribution in [2.24, 2.45) is 0 Å². The normalized spacial score (nSPS) is 12.7. The number of carbonyl (C=O) groups excluding carboxylic acids is 1. The van der Waals surface area contributed by atoms with Crippen LogP contribution in [0.4, 0.5) is 0 Å². The highest BCUT2D eigenvalue weighted by atomic mass is 16.1. The average Bonchev–Trinajstić information content (AvgIpc) is 2.47. The van der Waals surface area contributed by atoms with E-state index in [-0.39, 0.29) is 17.4 Å². The lowest BCUT2D eigenvalue weighted by atomic mass is 9.86. The molecule has 0 aliphatic heterocycles. The Morgan fingerprint density at radius 3 is 2.14 bits per heavy atom. The smallest absolute Gasteiger partial charge is 0.224 e. The molecule has 0 spiro atoms. The maximum atomic E-state index is 12.2. The van der Waals surface area contributed by atoms with Crippen LogP contribution in [-0.4, -0.2) is 5.91 Å². The molecule has 0 radical (unpaired) electrons. The van der Waals surface area contributed by atoms with Crippen molar-refractivity contribution in [2.75, 3.05) is 0 Å². The van der Waals surface area contributed by atoms with Gasteiger partial charge in [-0.2, -0.15) is 0 Å². The third kappa shape index (κ3) is 4.45. The van der Waals surface area contributed by atoms with Gasteiger partial charge in [-0.1, -0.05) is 75.4 Å². The summed E-state index contributed by atoms with van der Waals surface area (Å²) < 4.78 is 0. The van der Waals surface area contributed by atoms with Gasteiger partial charge in [0.25, 0.3) is 0 Å². The molecule has 0 aromatic heterocycles. The fourth-order valence-electron chi connectivity index (χ4n) is 2.43. The molecule has 0 aliphatic carbocycles. The molecule has 0 heterocycles. The summed E-state index contributed by atoms with van der Waals surface area (Å²) >= 11 is 0. The number of benzene rings is 2. The third-order valence-corrected chi connectivity index (χ3v) is 3.86. The van der Waals surface area contributed by atoms with Crippen LogP contribution in [0.1, 0.15) is 50.4 Å². The van der Waals surface area contributed by atoms with E-state index in [0.29, 0.717) is 6.42 Å². The van der Waals surface area contributed by atoms with Crippen molar-refractivity contribution in [2.45, 2.75) is 45.6 Å². The molecule has 2 aromatic carbocycles. The van der Waals surface area contributed by atoms with Crippen LogP contribution in [-0.2, 0) is 16.6 Å². The summed E-state index contributed by atoms with van der Waals surface area (Å²) in [6.07, 6.45) is 0.418. The van der Waals surface area contributed by atoms with Crippen molar-refractivity contribution in [3.05, 3.63) is 71.3 Å². The van der Waals surface area contributed by atoms with Crippen LogP contribution in [0.25, 0.3) is 0 Å². The topological polar surface area (TPSA) is 29.1 Å². The number of carbonyl (C=O) groups is 1. The minimum absolute atomic E-state index is 0.0301. The van der Waals surface area contributed by atoms with Crippen LogP contribution >= 0.6 is 0 Å². The van der Waals surface area contributed by atoms with Crippen molar-refractivity contribution in [3.8, 4) is 0 Å². The van der Waals surface area contributed by atoms with Crippen LogP contribution in [0.5, 0.6) is 0 Å². The van der Waals surface area contributed by atoms with Gasteiger partial charge in [0.2, 0.25) is 5.91 Å². The summed E-state index contributed by atoms with van der Waals surface area (Å²) in [6.45, 7) is 8.58. The Kier molecular flexibility index (Phi) is 5.02. The molecule has 1 amide bonds. The van der Waals surface area contributed by atoms with E-state index in [4.69, 9.17) is 0 Å². The summed E-state index contributed by atoms with van der Waals surface area (Å²) in [6, 6.07) is 18.4. The number of amides is 1. The van der Waals surface area contributed by atoms with E-state index < -0.39 is 0 Å². The Morgan fingerprint density at radius 2 is 1.59 bits per heavy atom. The Hall–Kier alpha value is -2.09. The van der Waals surface area contributed by atoms with Gasteiger partial charge in [0.15, 0.2) is 0 Å². The van der Waals surface area contributed by atoms with E-state index in [1.54, 1.807) is 0 Å². The lowest BCUT2D eigenvalue weighted by molar-refractivity contribution is -0.121. The van der Waals surface area contributed by atoms with Crippen molar-refractivity contribution >= 4 is 5.91 Å². The van der Waals surface area contributed by atoms with Gasteiger partial charge in [0.1, 0.15) is 0 Å². The predicted molar refractivity (Wildman–Crippen MR) is 91.8 cm³/mol. The second kappa shape index (κ2) is 6.78. The Morgan fingerprint density at radius 1 is 1.00 bits per heavy atom. The van der Waals surface area contributed by atoms with Crippen LogP contribution < -0.4 is 5.32 Å². The van der Waals surface area contributed by atoms with Gasteiger partial charge in [0, 0.05) is 0 Å². The third-order valence-electron chi connectivity index (χ3n) is 3.86. The van der Waals surface area contributed by atoms with Gasteiger partial charge in [-0.25, -0.2) is 0 Å². The predicted octanol–water partition coefficient (Wildman–Crippen LogP) is 4.40. The molecule has 0 unspecified atom stereocenters. The Labute approximate surface area is 133 Å². The molecule has 0 saturated heterocycles. The number of rotatable bonds is 4. The molecule has 0 fully saturated rings. The molecular formula is C20H25NO. The molecule has 0 bridgehead atoms. The maximum Gasteiger partial charge on any atom is 0.224 e. The first-order chi connectivity index (χ1) is 10.4. The van der Waals surface area contributed by atoms with E-state index >= 15 is 0 Å². The molecule has 1 N–H and O–H groups in total. The number of hydrogen-bond donors (Lipinski definition) is 1. The lowest BCUT2D eigenvalue weighted by Gasteiger charge is -2.19. The fourth-order valence-corrected chi connectivity index (χ4v) is 2.43. The van der Waals surface area contributed by atoms with Crippen LogP contribution in [0, 0.1) is 0 Å². The quantitative estimate of drug-likeness (QED) is 0.889. The lowest BCUT2D eigenvalue weighted by Crippen LogP contribution is -2.28. The molecule has 1 atom stereocenters. The highest BCUT2D eigenvalue weighted by Gasteiger charge is 2.14. The molecule has 116 valence electrons. The molecule has 2 nitrogen and oxygen atoms in total. The Bertz CT molecular complexity index is 608. The zero-order valence-electron chi connectivity index (χ0n) is 13.9. The summed E-state index contributed by atoms with van der Waals surface area (Å²) in [7, 11) is 0. The van der Waals surface area contributed by atoms with Crippen molar-refractivity contribution in [1.82, 2.24) is 5.32 Å². The van der Waals surface area contributed by atoms with Crippen LogP contribution in [0.3, 0.4) is 0 Å². The summed E-state index contributed by atoms with van der Waals surface area (Å²) in [5.41, 5.74) is 3.60. The molecule has 22 heavy (non-hydrogen) atoms. The first kappa shape index (κ1) is 16.3. The second-order valence-electron chi connectivity index (χ2n) is 6.82. The number of hydrogen-bond acceptors (Lipinski definition) is 1. The first-order valence-corrected chi connectivity index (χ1v) is 7.80. The maximum absolute atomic E-state index is 12.2.